The minimum absolute atomic E-state index is 0.136. The third-order valence-electron chi connectivity index (χ3n) is 5.76. The number of anilines is 1. The van der Waals surface area contributed by atoms with Crippen LogP contribution in [0.1, 0.15) is 55.5 Å². The smallest absolute Gasteiger partial charge is 0.270 e. The van der Waals surface area contributed by atoms with Crippen molar-refractivity contribution < 1.29 is 14.1 Å². The van der Waals surface area contributed by atoms with Crippen LogP contribution in [0, 0.1) is 0 Å². The van der Waals surface area contributed by atoms with Gasteiger partial charge in [-0.1, -0.05) is 35.5 Å². The number of benzene rings is 1. The molecule has 0 spiro atoms. The Morgan fingerprint density at radius 2 is 1.93 bits per heavy atom. The number of aryl methyl sites for hydroxylation is 1. The van der Waals surface area contributed by atoms with Gasteiger partial charge in [-0.25, -0.2) is 0 Å². The number of primary amides is 2. The first-order valence-corrected chi connectivity index (χ1v) is 10.2. The first-order valence-electron chi connectivity index (χ1n) is 9.40. The number of amides is 2. The van der Waals surface area contributed by atoms with Crippen molar-refractivity contribution in [2.75, 3.05) is 5.73 Å². The van der Waals surface area contributed by atoms with Gasteiger partial charge in [0.25, 0.3) is 11.8 Å². The minimum Gasteiger partial charge on any atom is -0.390 e. The highest BCUT2D eigenvalue weighted by atomic mass is 32.1. The molecule has 1 unspecified atom stereocenters. The van der Waals surface area contributed by atoms with Crippen LogP contribution >= 0.6 is 11.3 Å². The monoisotopic (exact) mass is 410 g/mol. The molecule has 0 fully saturated rings. The number of fused-ring (bicyclic) bond motifs is 1. The van der Waals surface area contributed by atoms with Gasteiger partial charge in [0.05, 0.1) is 10.6 Å². The van der Waals surface area contributed by atoms with E-state index in [1.165, 1.54) is 16.9 Å². The molecule has 2 aromatic heterocycles. The number of thiophene rings is 1. The van der Waals surface area contributed by atoms with Crippen molar-refractivity contribution >= 4 is 28.2 Å². The average molecular weight is 410 g/mol. The number of hydrogen-bond acceptors (Lipinski definition) is 6. The van der Waals surface area contributed by atoms with E-state index in [-0.39, 0.29) is 11.1 Å². The van der Waals surface area contributed by atoms with Crippen LogP contribution in [0.3, 0.4) is 0 Å². The number of carbonyl (C=O) groups excluding carboxylic acids is 2. The van der Waals surface area contributed by atoms with Gasteiger partial charge in [-0.2, -0.15) is 0 Å². The molecule has 150 valence electrons. The summed E-state index contributed by atoms with van der Waals surface area (Å²) >= 11 is 1.45. The van der Waals surface area contributed by atoms with Crippen molar-refractivity contribution in [2.45, 2.75) is 37.5 Å². The van der Waals surface area contributed by atoms with Gasteiger partial charge in [0.2, 0.25) is 0 Å². The third kappa shape index (κ3) is 3.51. The lowest BCUT2D eigenvalue weighted by molar-refractivity contribution is 0.0986. The summed E-state index contributed by atoms with van der Waals surface area (Å²) in [4.78, 5) is 24.2. The molecule has 0 radical (unpaired) electrons. The van der Waals surface area contributed by atoms with E-state index in [1.54, 1.807) is 6.07 Å². The maximum atomic E-state index is 11.8. The highest BCUT2D eigenvalue weighted by Gasteiger charge is 2.39. The van der Waals surface area contributed by atoms with Crippen molar-refractivity contribution in [1.29, 1.82) is 0 Å². The lowest BCUT2D eigenvalue weighted by Crippen LogP contribution is -2.34. The second-order valence-corrected chi connectivity index (χ2v) is 8.61. The molecule has 1 aliphatic carbocycles. The Labute approximate surface area is 171 Å². The fraction of sp³-hybridized carbons (Fsp3) is 0.286. The summed E-state index contributed by atoms with van der Waals surface area (Å²) in [5.74, 6) is -0.440. The Morgan fingerprint density at radius 3 is 2.59 bits per heavy atom. The standard InChI is InChI=1S/C21H22N4O3S/c22-18(26)15-10-13(28-25-15)6-8-21(12-4-2-1-3-5-12)9-7-14-16(11-21)29-20(24)17(14)19(23)27/h1-5,10H,6-9,11,24H2,(H2,22,26)(H2,23,27). The predicted molar refractivity (Wildman–Crippen MR) is 111 cm³/mol. The van der Waals surface area contributed by atoms with Crippen LogP contribution in [0.2, 0.25) is 0 Å². The molecular weight excluding hydrogens is 388 g/mol. The molecule has 2 amide bonds. The number of nitrogens with two attached hydrogens (primary N) is 3. The van der Waals surface area contributed by atoms with Crippen LogP contribution in [0.5, 0.6) is 0 Å². The summed E-state index contributed by atoms with van der Waals surface area (Å²) in [5, 5.41) is 4.22. The van der Waals surface area contributed by atoms with Gasteiger partial charge in [-0.15, -0.1) is 11.3 Å². The molecule has 1 atom stereocenters. The number of carbonyl (C=O) groups is 2. The van der Waals surface area contributed by atoms with Gasteiger partial charge in [-0.3, -0.25) is 9.59 Å². The number of hydrogen-bond donors (Lipinski definition) is 3. The molecule has 6 N–H and O–H groups in total. The Balaban J connectivity index is 1.67. The second kappa shape index (κ2) is 7.36. The molecule has 1 aromatic carbocycles. The molecule has 3 aromatic rings. The van der Waals surface area contributed by atoms with E-state index in [1.807, 2.05) is 18.2 Å². The highest BCUT2D eigenvalue weighted by Crippen LogP contribution is 2.46. The maximum absolute atomic E-state index is 11.8. The van der Waals surface area contributed by atoms with Gasteiger partial charge in [0.1, 0.15) is 5.76 Å². The first-order chi connectivity index (χ1) is 13.9. The van der Waals surface area contributed by atoms with Crippen molar-refractivity contribution in [1.82, 2.24) is 5.16 Å². The van der Waals surface area contributed by atoms with E-state index in [0.717, 1.165) is 36.1 Å². The van der Waals surface area contributed by atoms with Crippen molar-refractivity contribution in [3.8, 4) is 0 Å². The largest absolute Gasteiger partial charge is 0.390 e. The van der Waals surface area contributed by atoms with Gasteiger partial charge in [-0.05, 0) is 36.8 Å². The number of aromatic nitrogens is 1. The zero-order chi connectivity index (χ0) is 20.6. The summed E-state index contributed by atoms with van der Waals surface area (Å²) in [6, 6.07) is 11.9. The molecule has 0 saturated carbocycles. The van der Waals surface area contributed by atoms with Crippen molar-refractivity contribution in [2.24, 2.45) is 11.5 Å². The summed E-state index contributed by atoms with van der Waals surface area (Å²) in [5.41, 5.74) is 19.6. The fourth-order valence-electron chi connectivity index (χ4n) is 4.28. The van der Waals surface area contributed by atoms with Crippen LogP contribution in [0.15, 0.2) is 40.9 Å². The fourth-order valence-corrected chi connectivity index (χ4v) is 5.54. The zero-order valence-electron chi connectivity index (χ0n) is 15.8. The minimum atomic E-state index is -0.604. The lowest BCUT2D eigenvalue weighted by atomic mass is 9.66. The molecule has 2 heterocycles. The molecule has 0 bridgehead atoms. The molecule has 7 nitrogen and oxygen atoms in total. The first kappa shape index (κ1) is 19.2. The topological polar surface area (TPSA) is 138 Å². The molecule has 4 rings (SSSR count). The lowest BCUT2D eigenvalue weighted by Gasteiger charge is -2.38. The molecule has 29 heavy (non-hydrogen) atoms. The summed E-state index contributed by atoms with van der Waals surface area (Å²) in [6.07, 6.45) is 3.78. The molecular formula is C21H22N4O3S. The maximum Gasteiger partial charge on any atom is 0.270 e. The summed E-state index contributed by atoms with van der Waals surface area (Å²) < 4.78 is 5.29. The molecule has 0 saturated heterocycles. The highest BCUT2D eigenvalue weighted by molar-refractivity contribution is 7.16. The van der Waals surface area contributed by atoms with Gasteiger partial charge in [0.15, 0.2) is 5.69 Å². The second-order valence-electron chi connectivity index (χ2n) is 7.47. The van der Waals surface area contributed by atoms with Crippen molar-refractivity contribution in [3.05, 3.63) is 69.4 Å². The van der Waals surface area contributed by atoms with Crippen LogP contribution in [0.4, 0.5) is 5.00 Å². The average Bonchev–Trinajstić information content (AvgIpc) is 3.30. The van der Waals surface area contributed by atoms with Crippen LogP contribution < -0.4 is 17.2 Å². The molecule has 8 heteroatoms. The van der Waals surface area contributed by atoms with E-state index >= 15 is 0 Å². The third-order valence-corrected chi connectivity index (χ3v) is 6.83. The summed E-state index contributed by atoms with van der Waals surface area (Å²) in [6.45, 7) is 0. The molecule has 0 aliphatic heterocycles. The van der Waals surface area contributed by atoms with E-state index in [4.69, 9.17) is 21.7 Å². The number of nitrogens with zero attached hydrogens (tertiary/aromatic N) is 1. The van der Waals surface area contributed by atoms with E-state index < -0.39 is 11.8 Å². The van der Waals surface area contributed by atoms with Crippen LogP contribution in [-0.4, -0.2) is 17.0 Å². The van der Waals surface area contributed by atoms with Crippen LogP contribution in [0.25, 0.3) is 0 Å². The van der Waals surface area contributed by atoms with E-state index in [0.29, 0.717) is 22.7 Å². The number of nitrogen functional groups attached to an aromatic ring is 1. The predicted octanol–water partition coefficient (Wildman–Crippen LogP) is 2.58. The van der Waals surface area contributed by atoms with Gasteiger partial charge in [0, 0.05) is 22.8 Å². The normalized spacial score (nSPS) is 18.3. The Morgan fingerprint density at radius 1 is 1.17 bits per heavy atom. The summed E-state index contributed by atoms with van der Waals surface area (Å²) in [7, 11) is 0. The van der Waals surface area contributed by atoms with Crippen molar-refractivity contribution in [3.63, 3.8) is 0 Å². The number of rotatable bonds is 6. The zero-order valence-corrected chi connectivity index (χ0v) is 16.6. The van der Waals surface area contributed by atoms with E-state index in [2.05, 4.69) is 17.3 Å². The van der Waals surface area contributed by atoms with Gasteiger partial charge >= 0.3 is 0 Å². The Kier molecular flexibility index (Phi) is 4.87. The SMILES string of the molecule is NC(=O)c1cc(CCC2(c3ccccc3)CCc3c(sc(N)c3C(N)=O)C2)on1. The van der Waals surface area contributed by atoms with E-state index in [9.17, 15) is 9.59 Å². The Bertz CT molecular complexity index is 1070. The quantitative estimate of drug-likeness (QED) is 0.573. The Hall–Kier alpha value is -3.13. The van der Waals surface area contributed by atoms with Gasteiger partial charge < -0.3 is 21.7 Å². The van der Waals surface area contributed by atoms with Crippen LogP contribution in [-0.2, 0) is 24.7 Å². The molecule has 1 aliphatic rings.